The van der Waals surface area contributed by atoms with Crippen LogP contribution < -0.4 is 10.2 Å². The molecule has 3 saturated heterocycles. The first-order valence-electron chi connectivity index (χ1n) is 9.89. The number of hydrogen-bond acceptors (Lipinski definition) is 7. The van der Waals surface area contributed by atoms with Crippen molar-refractivity contribution >= 4 is 23.1 Å². The van der Waals surface area contributed by atoms with E-state index in [9.17, 15) is 4.79 Å². The van der Waals surface area contributed by atoms with Crippen molar-refractivity contribution in [3.63, 3.8) is 0 Å². The number of amides is 1. The molecule has 1 spiro atoms. The van der Waals surface area contributed by atoms with Crippen LogP contribution in [-0.2, 0) is 4.74 Å². The van der Waals surface area contributed by atoms with Gasteiger partial charge in [0.25, 0.3) is 5.91 Å². The SMILES string of the molecule is Cc1nc(C)c(C(=O)NC[C@H]2[C@H]3CN(c4nccnc4C)C[C@]34CC[C@H]2O4)s1. The number of anilines is 1. The van der Waals surface area contributed by atoms with Gasteiger partial charge in [0.1, 0.15) is 10.7 Å². The summed E-state index contributed by atoms with van der Waals surface area (Å²) in [4.78, 5) is 29.0. The van der Waals surface area contributed by atoms with E-state index in [0.717, 1.165) is 53.0 Å². The number of aryl methyl sites for hydroxylation is 3. The molecule has 4 atom stereocenters. The number of rotatable bonds is 4. The van der Waals surface area contributed by atoms with Gasteiger partial charge in [0.05, 0.1) is 28.1 Å². The van der Waals surface area contributed by atoms with Crippen molar-refractivity contribution in [1.82, 2.24) is 20.3 Å². The van der Waals surface area contributed by atoms with Crippen LogP contribution in [0.25, 0.3) is 0 Å². The van der Waals surface area contributed by atoms with Crippen molar-refractivity contribution in [1.29, 1.82) is 0 Å². The molecule has 8 heteroatoms. The summed E-state index contributed by atoms with van der Waals surface area (Å²) in [5, 5.41) is 4.09. The number of nitrogens with one attached hydrogen (secondary N) is 1. The molecule has 0 radical (unpaired) electrons. The van der Waals surface area contributed by atoms with Gasteiger partial charge in [0, 0.05) is 43.9 Å². The molecule has 3 aliphatic heterocycles. The molecule has 7 nitrogen and oxygen atoms in total. The first kappa shape index (κ1) is 18.0. The maximum atomic E-state index is 12.7. The van der Waals surface area contributed by atoms with Crippen molar-refractivity contribution < 1.29 is 9.53 Å². The van der Waals surface area contributed by atoms with E-state index in [4.69, 9.17) is 4.74 Å². The maximum absolute atomic E-state index is 12.7. The van der Waals surface area contributed by atoms with E-state index in [1.54, 1.807) is 12.4 Å². The maximum Gasteiger partial charge on any atom is 0.263 e. The van der Waals surface area contributed by atoms with E-state index < -0.39 is 0 Å². The van der Waals surface area contributed by atoms with Gasteiger partial charge < -0.3 is 15.0 Å². The summed E-state index contributed by atoms with van der Waals surface area (Å²) in [6.07, 6.45) is 5.90. The number of hydrogen-bond donors (Lipinski definition) is 1. The van der Waals surface area contributed by atoms with Crippen LogP contribution in [0.4, 0.5) is 5.82 Å². The van der Waals surface area contributed by atoms with Crippen molar-refractivity contribution in [2.45, 2.75) is 45.3 Å². The first-order valence-corrected chi connectivity index (χ1v) is 10.7. The lowest BCUT2D eigenvalue weighted by Crippen LogP contribution is -2.41. The van der Waals surface area contributed by atoms with E-state index in [1.807, 2.05) is 20.8 Å². The summed E-state index contributed by atoms with van der Waals surface area (Å²) >= 11 is 1.46. The molecule has 2 aromatic rings. The molecule has 5 heterocycles. The highest BCUT2D eigenvalue weighted by molar-refractivity contribution is 7.13. The summed E-state index contributed by atoms with van der Waals surface area (Å²) in [6, 6.07) is 0. The number of carbonyl (C=O) groups excluding carboxylic acids is 1. The quantitative estimate of drug-likeness (QED) is 0.850. The van der Waals surface area contributed by atoms with Gasteiger partial charge in [-0.2, -0.15) is 0 Å². The predicted octanol–water partition coefficient (Wildman–Crippen LogP) is 2.27. The molecule has 3 aliphatic rings. The van der Waals surface area contributed by atoms with Crippen molar-refractivity contribution in [2.75, 3.05) is 24.5 Å². The predicted molar refractivity (Wildman–Crippen MR) is 107 cm³/mol. The van der Waals surface area contributed by atoms with Gasteiger partial charge in [0.2, 0.25) is 0 Å². The lowest BCUT2D eigenvalue weighted by atomic mass is 9.73. The van der Waals surface area contributed by atoms with Crippen LogP contribution in [0.3, 0.4) is 0 Å². The molecule has 0 saturated carbocycles. The first-order chi connectivity index (χ1) is 13.5. The topological polar surface area (TPSA) is 80.2 Å². The zero-order valence-electron chi connectivity index (χ0n) is 16.4. The molecule has 0 aromatic carbocycles. The lowest BCUT2D eigenvalue weighted by Gasteiger charge is -2.29. The number of carbonyl (C=O) groups is 1. The molecule has 1 N–H and O–H groups in total. The summed E-state index contributed by atoms with van der Waals surface area (Å²) in [5.41, 5.74) is 1.67. The summed E-state index contributed by atoms with van der Waals surface area (Å²) in [7, 11) is 0. The Bertz CT molecular complexity index is 931. The fraction of sp³-hybridized carbons (Fsp3) is 0.600. The largest absolute Gasteiger partial charge is 0.369 e. The fourth-order valence-electron chi connectivity index (χ4n) is 5.37. The van der Waals surface area contributed by atoms with E-state index in [-0.39, 0.29) is 17.6 Å². The van der Waals surface area contributed by atoms with Gasteiger partial charge in [-0.3, -0.25) is 9.78 Å². The fourth-order valence-corrected chi connectivity index (χ4v) is 6.20. The third-order valence-corrected chi connectivity index (χ3v) is 7.62. The Balaban J connectivity index is 1.31. The average molecular weight is 400 g/mol. The Labute approximate surface area is 168 Å². The van der Waals surface area contributed by atoms with E-state index in [2.05, 4.69) is 25.2 Å². The van der Waals surface area contributed by atoms with Crippen LogP contribution >= 0.6 is 11.3 Å². The van der Waals surface area contributed by atoms with Crippen LogP contribution in [0.1, 0.15) is 38.9 Å². The molecule has 0 aliphatic carbocycles. The molecule has 3 fully saturated rings. The molecular formula is C20H25N5O2S. The summed E-state index contributed by atoms with van der Waals surface area (Å²) in [5.74, 6) is 1.70. The smallest absolute Gasteiger partial charge is 0.263 e. The average Bonchev–Trinajstić information content (AvgIpc) is 3.39. The highest BCUT2D eigenvalue weighted by Gasteiger charge is 2.63. The van der Waals surface area contributed by atoms with Crippen molar-refractivity contribution in [3.8, 4) is 0 Å². The zero-order valence-corrected chi connectivity index (χ0v) is 17.3. The Morgan fingerprint density at radius 2 is 2.14 bits per heavy atom. The van der Waals surface area contributed by atoms with Crippen LogP contribution in [0.2, 0.25) is 0 Å². The molecule has 2 bridgehead atoms. The number of nitrogens with zero attached hydrogens (tertiary/aromatic N) is 4. The van der Waals surface area contributed by atoms with Crippen LogP contribution in [-0.4, -0.2) is 52.2 Å². The molecular weight excluding hydrogens is 374 g/mol. The number of ether oxygens (including phenoxy) is 1. The van der Waals surface area contributed by atoms with Crippen LogP contribution in [0.5, 0.6) is 0 Å². The van der Waals surface area contributed by atoms with E-state index in [1.165, 1.54) is 11.3 Å². The lowest BCUT2D eigenvalue weighted by molar-refractivity contribution is 0.0141. The van der Waals surface area contributed by atoms with Gasteiger partial charge >= 0.3 is 0 Å². The van der Waals surface area contributed by atoms with Crippen molar-refractivity contribution in [2.24, 2.45) is 11.8 Å². The standard InChI is InChI=1S/C20H25N5O2S/c1-11-17(28-13(3)24-11)19(26)23-8-14-15-9-25(18-12(2)21-6-7-22-18)10-20(15)5-4-16(14)27-20/h6-7,14-16H,4-5,8-10H2,1-3H3,(H,23,26)/t14-,15+,16+,20+/m0/s1. The minimum Gasteiger partial charge on any atom is -0.369 e. The minimum atomic E-state index is -0.0962. The molecule has 28 heavy (non-hydrogen) atoms. The highest BCUT2D eigenvalue weighted by Crippen LogP contribution is 2.55. The molecule has 2 aromatic heterocycles. The molecule has 0 unspecified atom stereocenters. The third kappa shape index (κ3) is 2.73. The third-order valence-electron chi connectivity index (χ3n) is 6.55. The second-order valence-corrected chi connectivity index (χ2v) is 9.44. The Kier molecular flexibility index (Phi) is 4.17. The number of fused-ring (bicyclic) bond motifs is 1. The Morgan fingerprint density at radius 3 is 2.89 bits per heavy atom. The molecule has 5 rings (SSSR count). The molecule has 1 amide bonds. The van der Waals surface area contributed by atoms with Gasteiger partial charge in [-0.25, -0.2) is 9.97 Å². The second kappa shape index (κ2) is 6.49. The van der Waals surface area contributed by atoms with Gasteiger partial charge in [-0.15, -0.1) is 11.3 Å². The Morgan fingerprint density at radius 1 is 1.32 bits per heavy atom. The highest BCUT2D eigenvalue weighted by atomic mass is 32.1. The number of aromatic nitrogens is 3. The van der Waals surface area contributed by atoms with Crippen molar-refractivity contribution in [3.05, 3.63) is 33.7 Å². The van der Waals surface area contributed by atoms with Gasteiger partial charge in [-0.05, 0) is 33.6 Å². The second-order valence-electron chi connectivity index (χ2n) is 8.23. The van der Waals surface area contributed by atoms with E-state index >= 15 is 0 Å². The normalized spacial score (nSPS) is 30.7. The molecule has 148 valence electrons. The summed E-state index contributed by atoms with van der Waals surface area (Å²) < 4.78 is 6.50. The zero-order chi connectivity index (χ0) is 19.5. The van der Waals surface area contributed by atoms with Crippen LogP contribution in [0.15, 0.2) is 12.4 Å². The summed E-state index contributed by atoms with van der Waals surface area (Å²) in [6.45, 7) is 8.26. The monoisotopic (exact) mass is 399 g/mol. The minimum absolute atomic E-state index is 0.0143. The van der Waals surface area contributed by atoms with Crippen LogP contribution in [0, 0.1) is 32.6 Å². The van der Waals surface area contributed by atoms with Gasteiger partial charge in [-0.1, -0.05) is 0 Å². The van der Waals surface area contributed by atoms with Gasteiger partial charge in [0.15, 0.2) is 0 Å². The van der Waals surface area contributed by atoms with E-state index in [0.29, 0.717) is 18.4 Å². The Hall–Kier alpha value is -2.06. The number of thiazole rings is 1.